The summed E-state index contributed by atoms with van der Waals surface area (Å²) in [5, 5.41) is 9.67. The van der Waals surface area contributed by atoms with Crippen molar-refractivity contribution >= 4 is 12.6 Å². The first-order valence-electron chi connectivity index (χ1n) is 4.12. The van der Waals surface area contributed by atoms with Crippen molar-refractivity contribution in [3.8, 4) is 0 Å². The molecule has 2 heteroatoms. The van der Waals surface area contributed by atoms with Gasteiger partial charge in [-0.25, -0.2) is 0 Å². The molecule has 1 rings (SSSR count). The fraction of sp³-hybridized carbons (Fsp3) is 0.778. The zero-order chi connectivity index (χ0) is 8.43. The molecule has 0 aromatic heterocycles. The molecule has 0 aromatic carbocycles. The number of thiol groups is 1. The quantitative estimate of drug-likeness (QED) is 0.458. The van der Waals surface area contributed by atoms with E-state index in [9.17, 15) is 5.11 Å². The van der Waals surface area contributed by atoms with Crippen LogP contribution in [-0.2, 0) is 0 Å². The highest BCUT2D eigenvalue weighted by molar-refractivity contribution is 7.81. The Kier molecular flexibility index (Phi) is 3.02. The third-order valence-electron chi connectivity index (χ3n) is 2.48. The molecule has 0 aliphatic heterocycles. The molecule has 1 saturated carbocycles. The Morgan fingerprint density at radius 3 is 2.64 bits per heavy atom. The smallest absolute Gasteiger partial charge is 0.0662 e. The van der Waals surface area contributed by atoms with Crippen molar-refractivity contribution < 1.29 is 5.11 Å². The van der Waals surface area contributed by atoms with E-state index < -0.39 is 0 Å². The van der Waals surface area contributed by atoms with Crippen LogP contribution in [0.4, 0.5) is 0 Å². The van der Waals surface area contributed by atoms with Crippen molar-refractivity contribution in [1.82, 2.24) is 0 Å². The van der Waals surface area contributed by atoms with E-state index in [4.69, 9.17) is 0 Å². The lowest BCUT2D eigenvalue weighted by Gasteiger charge is -2.30. The van der Waals surface area contributed by atoms with Crippen LogP contribution in [0.15, 0.2) is 12.2 Å². The number of aliphatic hydroxyl groups is 1. The SMILES string of the molecule is C=C(C)C1CCC(S)C(O)C1. The molecule has 0 radical (unpaired) electrons. The van der Waals surface area contributed by atoms with Gasteiger partial charge in [0.05, 0.1) is 6.10 Å². The van der Waals surface area contributed by atoms with Crippen LogP contribution in [0.1, 0.15) is 26.2 Å². The van der Waals surface area contributed by atoms with E-state index in [2.05, 4.69) is 19.2 Å². The molecule has 0 saturated heterocycles. The van der Waals surface area contributed by atoms with Crippen LogP contribution in [0.5, 0.6) is 0 Å². The molecule has 0 bridgehead atoms. The maximum atomic E-state index is 9.48. The summed E-state index contributed by atoms with van der Waals surface area (Å²) in [5.74, 6) is 0.522. The van der Waals surface area contributed by atoms with Crippen LogP contribution in [0, 0.1) is 5.92 Å². The Hall–Kier alpha value is 0.0500. The second-order valence-electron chi connectivity index (χ2n) is 3.49. The number of hydrogen-bond donors (Lipinski definition) is 2. The summed E-state index contributed by atoms with van der Waals surface area (Å²) in [4.78, 5) is 0. The van der Waals surface area contributed by atoms with Gasteiger partial charge in [0.1, 0.15) is 0 Å². The minimum Gasteiger partial charge on any atom is -0.392 e. The normalized spacial score (nSPS) is 38.6. The first-order chi connectivity index (χ1) is 5.11. The molecule has 1 nitrogen and oxygen atoms in total. The lowest BCUT2D eigenvalue weighted by Crippen LogP contribution is -2.30. The van der Waals surface area contributed by atoms with E-state index in [1.54, 1.807) is 0 Å². The molecule has 3 atom stereocenters. The Balaban J connectivity index is 2.46. The minimum atomic E-state index is -0.228. The number of allylic oxidation sites excluding steroid dienone is 1. The van der Waals surface area contributed by atoms with E-state index in [1.165, 1.54) is 5.57 Å². The first kappa shape index (κ1) is 9.14. The Morgan fingerprint density at radius 1 is 1.55 bits per heavy atom. The lowest BCUT2D eigenvalue weighted by atomic mass is 9.83. The van der Waals surface area contributed by atoms with E-state index in [-0.39, 0.29) is 11.4 Å². The molecule has 1 aliphatic rings. The van der Waals surface area contributed by atoms with Gasteiger partial charge in [-0.15, -0.1) is 0 Å². The molecule has 3 unspecified atom stereocenters. The molecule has 0 heterocycles. The number of rotatable bonds is 1. The van der Waals surface area contributed by atoms with Crippen LogP contribution in [-0.4, -0.2) is 16.5 Å². The van der Waals surface area contributed by atoms with E-state index in [0.717, 1.165) is 19.3 Å². The fourth-order valence-corrected chi connectivity index (χ4v) is 1.85. The van der Waals surface area contributed by atoms with Crippen molar-refractivity contribution in [3.05, 3.63) is 12.2 Å². The van der Waals surface area contributed by atoms with Gasteiger partial charge >= 0.3 is 0 Å². The summed E-state index contributed by atoms with van der Waals surface area (Å²) in [6.45, 7) is 5.94. The molecule has 1 aliphatic carbocycles. The third kappa shape index (κ3) is 2.24. The van der Waals surface area contributed by atoms with Crippen molar-refractivity contribution in [2.75, 3.05) is 0 Å². The average Bonchev–Trinajstić information content (AvgIpc) is 1.94. The highest BCUT2D eigenvalue weighted by Gasteiger charge is 2.26. The van der Waals surface area contributed by atoms with Gasteiger partial charge in [-0.2, -0.15) is 12.6 Å². The van der Waals surface area contributed by atoms with Crippen molar-refractivity contribution in [1.29, 1.82) is 0 Å². The third-order valence-corrected chi connectivity index (χ3v) is 3.08. The second-order valence-corrected chi connectivity index (χ2v) is 4.15. The molecule has 0 amide bonds. The standard InChI is InChI=1S/C9H16OS/c1-6(2)7-3-4-9(11)8(10)5-7/h7-11H,1,3-5H2,2H3. The highest BCUT2D eigenvalue weighted by atomic mass is 32.1. The molecular formula is C9H16OS. The van der Waals surface area contributed by atoms with Gasteiger partial charge in [-0.3, -0.25) is 0 Å². The van der Waals surface area contributed by atoms with E-state index >= 15 is 0 Å². The topological polar surface area (TPSA) is 20.2 Å². The zero-order valence-electron chi connectivity index (χ0n) is 6.95. The largest absolute Gasteiger partial charge is 0.392 e. The van der Waals surface area contributed by atoms with Crippen LogP contribution in [0.3, 0.4) is 0 Å². The summed E-state index contributed by atoms with van der Waals surface area (Å²) >= 11 is 4.29. The second kappa shape index (κ2) is 3.63. The highest BCUT2D eigenvalue weighted by Crippen LogP contribution is 2.31. The maximum Gasteiger partial charge on any atom is 0.0662 e. The van der Waals surface area contributed by atoms with Crippen LogP contribution >= 0.6 is 12.6 Å². The molecule has 0 aromatic rings. The van der Waals surface area contributed by atoms with Crippen LogP contribution in [0.25, 0.3) is 0 Å². The van der Waals surface area contributed by atoms with Crippen molar-refractivity contribution in [2.45, 2.75) is 37.5 Å². The average molecular weight is 172 g/mol. The first-order valence-corrected chi connectivity index (χ1v) is 4.64. The van der Waals surface area contributed by atoms with E-state index in [0.29, 0.717) is 5.92 Å². The number of aliphatic hydroxyl groups excluding tert-OH is 1. The molecule has 1 N–H and O–H groups in total. The summed E-state index contributed by atoms with van der Waals surface area (Å²) in [6.07, 6.45) is 2.78. The molecule has 0 spiro atoms. The Bertz CT molecular complexity index is 156. The summed E-state index contributed by atoms with van der Waals surface area (Å²) in [5.41, 5.74) is 1.20. The van der Waals surface area contributed by atoms with Crippen molar-refractivity contribution in [2.24, 2.45) is 5.92 Å². The monoisotopic (exact) mass is 172 g/mol. The van der Waals surface area contributed by atoms with E-state index in [1.807, 2.05) is 6.92 Å². The molecule has 1 fully saturated rings. The van der Waals surface area contributed by atoms with Gasteiger partial charge in [-0.05, 0) is 32.1 Å². The zero-order valence-corrected chi connectivity index (χ0v) is 7.85. The maximum absolute atomic E-state index is 9.48. The van der Waals surface area contributed by atoms with Crippen LogP contribution < -0.4 is 0 Å². The van der Waals surface area contributed by atoms with Gasteiger partial charge < -0.3 is 5.11 Å². The van der Waals surface area contributed by atoms with Crippen molar-refractivity contribution in [3.63, 3.8) is 0 Å². The Morgan fingerprint density at radius 2 is 2.18 bits per heavy atom. The molecule has 64 valence electrons. The minimum absolute atomic E-state index is 0.186. The summed E-state index contributed by atoms with van der Waals surface area (Å²) in [6, 6.07) is 0. The Labute approximate surface area is 73.9 Å². The number of hydrogen-bond acceptors (Lipinski definition) is 2. The fourth-order valence-electron chi connectivity index (χ4n) is 1.58. The predicted molar refractivity (Wildman–Crippen MR) is 50.9 cm³/mol. The van der Waals surface area contributed by atoms with Gasteiger partial charge in [-0.1, -0.05) is 12.2 Å². The lowest BCUT2D eigenvalue weighted by molar-refractivity contribution is 0.118. The van der Waals surface area contributed by atoms with Gasteiger partial charge in [0.2, 0.25) is 0 Å². The van der Waals surface area contributed by atoms with Gasteiger partial charge in [0, 0.05) is 5.25 Å². The summed E-state index contributed by atoms with van der Waals surface area (Å²) in [7, 11) is 0. The van der Waals surface area contributed by atoms with Crippen LogP contribution in [0.2, 0.25) is 0 Å². The molecular weight excluding hydrogens is 156 g/mol. The molecule has 11 heavy (non-hydrogen) atoms. The predicted octanol–water partition coefficient (Wildman–Crippen LogP) is 2.02. The van der Waals surface area contributed by atoms with Gasteiger partial charge in [0.15, 0.2) is 0 Å². The van der Waals surface area contributed by atoms with Gasteiger partial charge in [0.25, 0.3) is 0 Å². The summed E-state index contributed by atoms with van der Waals surface area (Å²) < 4.78 is 0.